The van der Waals surface area contributed by atoms with Crippen molar-refractivity contribution in [2.75, 3.05) is 14.1 Å². The molecule has 114 valence electrons. The molecule has 1 aromatic rings. The lowest BCUT2D eigenvalue weighted by atomic mass is 9.25. The highest BCUT2D eigenvalue weighted by atomic mass is 15.0. The zero-order chi connectivity index (χ0) is 14.7. The van der Waals surface area contributed by atoms with Crippen molar-refractivity contribution in [1.82, 2.24) is 4.90 Å². The summed E-state index contributed by atoms with van der Waals surface area (Å²) < 4.78 is 0. The predicted octanol–water partition coefficient (Wildman–Crippen LogP) is 4.89. The summed E-state index contributed by atoms with van der Waals surface area (Å²) in [5, 5.41) is 0. The fraction of sp³-hybridized carbons (Fsp3) is 0.684. The Hall–Kier alpha value is -0.755. The van der Waals surface area contributed by atoms with Crippen LogP contribution in [0.15, 0.2) is 24.3 Å². The van der Waals surface area contributed by atoms with Gasteiger partial charge in [-0.15, -0.1) is 0 Å². The van der Waals surface area contributed by atoms with Crippen LogP contribution in [-0.2, 0) is 13.0 Å². The molecule has 2 aliphatic heterocycles. The van der Waals surface area contributed by atoms with Crippen LogP contribution in [0.5, 0.6) is 0 Å². The number of rotatable bonds is 5. The van der Waals surface area contributed by atoms with E-state index in [2.05, 4.69) is 43.3 Å². The minimum absolute atomic E-state index is 1.04. The van der Waals surface area contributed by atoms with Crippen LogP contribution >= 0.6 is 0 Å². The first-order valence-corrected chi connectivity index (χ1v) is 8.95. The SMILES string of the molecule is CN(C)Cc1ccc(CCB2C3CCCC2CCC3)cc1. The highest BCUT2D eigenvalue weighted by Crippen LogP contribution is 2.47. The first-order valence-electron chi connectivity index (χ1n) is 8.95. The summed E-state index contributed by atoms with van der Waals surface area (Å²) in [4.78, 5) is 2.23. The molecule has 2 heteroatoms. The average Bonchev–Trinajstić information content (AvgIpc) is 2.45. The summed E-state index contributed by atoms with van der Waals surface area (Å²) in [6, 6.07) is 9.35. The van der Waals surface area contributed by atoms with Crippen molar-refractivity contribution in [3.63, 3.8) is 0 Å². The largest absolute Gasteiger partial charge is 0.305 e. The molecule has 0 aliphatic carbocycles. The normalized spacial score (nSPS) is 25.4. The van der Waals surface area contributed by atoms with Gasteiger partial charge >= 0.3 is 0 Å². The highest BCUT2D eigenvalue weighted by molar-refractivity contribution is 6.62. The molecule has 21 heavy (non-hydrogen) atoms. The molecular formula is C19H30BN. The predicted molar refractivity (Wildman–Crippen MR) is 93.3 cm³/mol. The molecule has 1 aromatic carbocycles. The van der Waals surface area contributed by atoms with Gasteiger partial charge in [0.2, 0.25) is 0 Å². The Balaban J connectivity index is 1.54. The van der Waals surface area contributed by atoms with Crippen molar-refractivity contribution in [3.05, 3.63) is 35.4 Å². The number of hydrogen-bond acceptors (Lipinski definition) is 1. The van der Waals surface area contributed by atoms with Crippen LogP contribution in [0.25, 0.3) is 0 Å². The van der Waals surface area contributed by atoms with Crippen LogP contribution in [0.4, 0.5) is 0 Å². The van der Waals surface area contributed by atoms with E-state index in [4.69, 9.17) is 0 Å². The van der Waals surface area contributed by atoms with Gasteiger partial charge in [-0.05, 0) is 31.6 Å². The first-order chi connectivity index (χ1) is 10.2. The molecule has 0 spiro atoms. The number of nitrogens with zero attached hydrogens (tertiary/aromatic N) is 1. The summed E-state index contributed by atoms with van der Waals surface area (Å²) in [7, 11) is 4.27. The minimum atomic E-state index is 1.04. The van der Waals surface area contributed by atoms with Gasteiger partial charge in [-0.2, -0.15) is 0 Å². The van der Waals surface area contributed by atoms with Crippen LogP contribution in [-0.4, -0.2) is 25.7 Å². The minimum Gasteiger partial charge on any atom is -0.305 e. The zero-order valence-electron chi connectivity index (χ0n) is 13.9. The molecule has 2 saturated heterocycles. The summed E-state index contributed by atoms with van der Waals surface area (Å²) in [5.74, 6) is 2.12. The topological polar surface area (TPSA) is 3.24 Å². The van der Waals surface area contributed by atoms with Gasteiger partial charge in [0.1, 0.15) is 6.71 Å². The quantitative estimate of drug-likeness (QED) is 0.695. The van der Waals surface area contributed by atoms with Gasteiger partial charge in [0.25, 0.3) is 0 Å². The maximum atomic E-state index is 2.36. The monoisotopic (exact) mass is 283 g/mol. The van der Waals surface area contributed by atoms with E-state index in [0.717, 1.165) is 24.9 Å². The molecule has 0 unspecified atom stereocenters. The van der Waals surface area contributed by atoms with E-state index in [1.54, 1.807) is 5.56 Å². The van der Waals surface area contributed by atoms with E-state index in [-0.39, 0.29) is 0 Å². The lowest BCUT2D eigenvalue weighted by Gasteiger charge is -2.40. The third kappa shape index (κ3) is 3.91. The molecule has 0 amide bonds. The molecule has 0 aromatic heterocycles. The third-order valence-electron chi connectivity index (χ3n) is 5.80. The summed E-state index contributed by atoms with van der Waals surface area (Å²) in [6.07, 6.45) is 11.8. The van der Waals surface area contributed by atoms with E-state index in [9.17, 15) is 0 Å². The van der Waals surface area contributed by atoms with E-state index >= 15 is 0 Å². The summed E-state index contributed by atoms with van der Waals surface area (Å²) in [5.41, 5.74) is 2.97. The lowest BCUT2D eigenvalue weighted by molar-refractivity contribution is 0.402. The second kappa shape index (κ2) is 7.00. The van der Waals surface area contributed by atoms with Crippen LogP contribution < -0.4 is 0 Å². The average molecular weight is 283 g/mol. The van der Waals surface area contributed by atoms with Crippen molar-refractivity contribution in [2.45, 2.75) is 69.4 Å². The Morgan fingerprint density at radius 3 is 1.95 bits per heavy atom. The van der Waals surface area contributed by atoms with Gasteiger partial charge in [-0.1, -0.05) is 80.7 Å². The Bertz CT molecular complexity index is 417. The smallest absolute Gasteiger partial charge is 0.146 e. The molecule has 0 saturated carbocycles. The molecule has 2 fully saturated rings. The number of benzene rings is 1. The first kappa shape index (κ1) is 15.2. The fourth-order valence-corrected chi connectivity index (χ4v) is 4.80. The van der Waals surface area contributed by atoms with Crippen LogP contribution in [0.2, 0.25) is 18.0 Å². The summed E-state index contributed by atoms with van der Waals surface area (Å²) in [6.45, 7) is 2.08. The molecule has 2 heterocycles. The molecule has 3 rings (SSSR count). The molecule has 0 N–H and O–H groups in total. The van der Waals surface area contributed by atoms with Crippen molar-refractivity contribution in [3.8, 4) is 0 Å². The van der Waals surface area contributed by atoms with Crippen LogP contribution in [0, 0.1) is 0 Å². The zero-order valence-corrected chi connectivity index (χ0v) is 13.9. The van der Waals surface area contributed by atoms with Gasteiger partial charge in [-0.3, -0.25) is 0 Å². The Kier molecular flexibility index (Phi) is 5.05. The van der Waals surface area contributed by atoms with Gasteiger partial charge in [0.05, 0.1) is 0 Å². The second-order valence-electron chi connectivity index (χ2n) is 7.64. The Morgan fingerprint density at radius 1 is 0.905 bits per heavy atom. The fourth-order valence-electron chi connectivity index (χ4n) is 4.80. The molecule has 0 radical (unpaired) electrons. The number of aryl methyl sites for hydroxylation is 1. The van der Waals surface area contributed by atoms with E-state index in [1.165, 1.54) is 56.8 Å². The molecular weight excluding hydrogens is 253 g/mol. The maximum Gasteiger partial charge on any atom is 0.146 e. The van der Waals surface area contributed by atoms with E-state index in [1.807, 2.05) is 0 Å². The second-order valence-corrected chi connectivity index (χ2v) is 7.64. The Morgan fingerprint density at radius 2 is 1.43 bits per heavy atom. The highest BCUT2D eigenvalue weighted by Gasteiger charge is 2.38. The van der Waals surface area contributed by atoms with Gasteiger partial charge in [0, 0.05) is 6.54 Å². The molecule has 2 bridgehead atoms. The molecule has 1 nitrogen and oxygen atoms in total. The molecule has 0 atom stereocenters. The Labute approximate surface area is 131 Å². The lowest BCUT2D eigenvalue weighted by Crippen LogP contribution is -2.34. The standard InChI is InChI=1S/C19H30BN/c1-21(2)15-17-11-9-16(10-12-17)13-14-20-18-5-3-6-19(20)8-4-7-18/h9-12,18-19H,3-8,13-15H2,1-2H3. The van der Waals surface area contributed by atoms with Crippen molar-refractivity contribution >= 4 is 6.71 Å². The third-order valence-corrected chi connectivity index (χ3v) is 5.80. The van der Waals surface area contributed by atoms with Crippen LogP contribution in [0.3, 0.4) is 0 Å². The van der Waals surface area contributed by atoms with Crippen molar-refractivity contribution in [1.29, 1.82) is 0 Å². The van der Waals surface area contributed by atoms with E-state index in [0.29, 0.717) is 0 Å². The van der Waals surface area contributed by atoms with Gasteiger partial charge < -0.3 is 4.90 Å². The van der Waals surface area contributed by atoms with E-state index < -0.39 is 0 Å². The summed E-state index contributed by atoms with van der Waals surface area (Å²) >= 11 is 0. The number of fused-ring (bicyclic) bond motifs is 2. The number of hydrogen-bond donors (Lipinski definition) is 0. The van der Waals surface area contributed by atoms with Crippen molar-refractivity contribution < 1.29 is 0 Å². The van der Waals surface area contributed by atoms with Gasteiger partial charge in [-0.25, -0.2) is 0 Å². The van der Waals surface area contributed by atoms with Crippen LogP contribution in [0.1, 0.15) is 49.7 Å². The maximum absolute atomic E-state index is 2.36. The molecule has 2 aliphatic rings. The van der Waals surface area contributed by atoms with Gasteiger partial charge in [0.15, 0.2) is 0 Å². The van der Waals surface area contributed by atoms with Crippen molar-refractivity contribution in [2.24, 2.45) is 0 Å².